The van der Waals surface area contributed by atoms with Crippen LogP contribution in [0.1, 0.15) is 11.1 Å². The molecule has 0 aliphatic rings. The summed E-state index contributed by atoms with van der Waals surface area (Å²) in [5.41, 5.74) is 1.85. The highest BCUT2D eigenvalue weighted by atomic mass is 16.5. The Balaban J connectivity index is 0.000000240. The molecule has 0 aliphatic carbocycles. The molecule has 0 amide bonds. The SMILES string of the molecule is COc1cc(CCO)ccc1O.COc1ccc(CCO)cc1O. The van der Waals surface area contributed by atoms with Crippen LogP contribution in [0.4, 0.5) is 0 Å². The Morgan fingerprint density at radius 1 is 0.708 bits per heavy atom. The largest absolute Gasteiger partial charge is 0.504 e. The molecule has 0 saturated carbocycles. The number of hydrogen-bond acceptors (Lipinski definition) is 6. The van der Waals surface area contributed by atoms with Gasteiger partial charge in [-0.25, -0.2) is 0 Å². The number of benzene rings is 2. The maximum atomic E-state index is 9.31. The van der Waals surface area contributed by atoms with Gasteiger partial charge in [-0.05, 0) is 48.2 Å². The summed E-state index contributed by atoms with van der Waals surface area (Å²) in [4.78, 5) is 0. The van der Waals surface area contributed by atoms with Gasteiger partial charge in [0.15, 0.2) is 23.0 Å². The smallest absolute Gasteiger partial charge is 0.160 e. The third kappa shape index (κ3) is 5.98. The fourth-order valence-corrected chi connectivity index (χ4v) is 2.03. The lowest BCUT2D eigenvalue weighted by Crippen LogP contribution is -1.91. The van der Waals surface area contributed by atoms with Gasteiger partial charge in [-0.15, -0.1) is 0 Å². The molecule has 2 rings (SSSR count). The van der Waals surface area contributed by atoms with E-state index in [1.54, 1.807) is 30.3 Å². The zero-order valence-corrected chi connectivity index (χ0v) is 13.9. The normalized spacial score (nSPS) is 9.83. The van der Waals surface area contributed by atoms with Crippen LogP contribution in [-0.2, 0) is 12.8 Å². The number of aromatic hydroxyl groups is 2. The average Bonchev–Trinajstić information content (AvgIpc) is 2.58. The molecule has 0 fully saturated rings. The Kier molecular flexibility index (Phi) is 8.46. The van der Waals surface area contributed by atoms with Gasteiger partial charge in [0, 0.05) is 13.2 Å². The van der Waals surface area contributed by atoms with E-state index >= 15 is 0 Å². The number of rotatable bonds is 6. The van der Waals surface area contributed by atoms with Gasteiger partial charge in [-0.3, -0.25) is 0 Å². The van der Waals surface area contributed by atoms with E-state index in [1.165, 1.54) is 14.2 Å². The van der Waals surface area contributed by atoms with Crippen LogP contribution in [0.2, 0.25) is 0 Å². The number of hydrogen-bond donors (Lipinski definition) is 4. The summed E-state index contributed by atoms with van der Waals surface area (Å²) >= 11 is 0. The van der Waals surface area contributed by atoms with Crippen molar-refractivity contribution in [3.05, 3.63) is 47.5 Å². The summed E-state index contributed by atoms with van der Waals surface area (Å²) in [6.45, 7) is 0.194. The third-order valence-corrected chi connectivity index (χ3v) is 3.29. The molecule has 0 unspecified atom stereocenters. The molecule has 0 aromatic heterocycles. The maximum absolute atomic E-state index is 9.31. The van der Waals surface area contributed by atoms with Crippen LogP contribution in [0.15, 0.2) is 36.4 Å². The second-order valence-corrected chi connectivity index (χ2v) is 4.96. The molecule has 24 heavy (non-hydrogen) atoms. The van der Waals surface area contributed by atoms with Crippen molar-refractivity contribution in [1.82, 2.24) is 0 Å². The molecule has 6 nitrogen and oxygen atoms in total. The fourth-order valence-electron chi connectivity index (χ4n) is 2.03. The highest BCUT2D eigenvalue weighted by Crippen LogP contribution is 2.26. The summed E-state index contributed by atoms with van der Waals surface area (Å²) in [7, 11) is 3.00. The molecule has 132 valence electrons. The van der Waals surface area contributed by atoms with Crippen LogP contribution < -0.4 is 9.47 Å². The first-order chi connectivity index (χ1) is 11.5. The molecule has 0 spiro atoms. The van der Waals surface area contributed by atoms with E-state index in [0.717, 1.165) is 11.1 Å². The minimum atomic E-state index is 0.0891. The summed E-state index contributed by atoms with van der Waals surface area (Å²) in [6, 6.07) is 10.1. The molecule has 0 atom stereocenters. The highest BCUT2D eigenvalue weighted by molar-refractivity contribution is 5.42. The van der Waals surface area contributed by atoms with Crippen molar-refractivity contribution in [2.75, 3.05) is 27.4 Å². The van der Waals surface area contributed by atoms with Crippen LogP contribution in [0.5, 0.6) is 23.0 Å². The van der Waals surface area contributed by atoms with E-state index in [1.807, 2.05) is 6.07 Å². The Hall–Kier alpha value is -2.44. The number of methoxy groups -OCH3 is 2. The van der Waals surface area contributed by atoms with Crippen molar-refractivity contribution in [2.24, 2.45) is 0 Å². The standard InChI is InChI=1S/2C9H12O3/c1-12-9-3-2-7(4-5-10)6-8(9)11;1-12-9-6-7(4-5-10)2-3-8(9)11/h2*2-3,6,10-11H,4-5H2,1H3. The number of phenols is 2. The van der Waals surface area contributed by atoms with E-state index in [0.29, 0.717) is 24.3 Å². The van der Waals surface area contributed by atoms with Gasteiger partial charge in [0.05, 0.1) is 14.2 Å². The monoisotopic (exact) mass is 336 g/mol. The Labute approximate surface area is 141 Å². The van der Waals surface area contributed by atoms with E-state index in [-0.39, 0.29) is 24.7 Å². The maximum Gasteiger partial charge on any atom is 0.160 e. The van der Waals surface area contributed by atoms with Crippen LogP contribution in [0, 0.1) is 0 Å². The molecule has 2 aromatic carbocycles. The molecular formula is C18H24O6. The Morgan fingerprint density at radius 3 is 1.75 bits per heavy atom. The number of phenolic OH excluding ortho intramolecular Hbond substituents is 2. The van der Waals surface area contributed by atoms with Crippen molar-refractivity contribution in [1.29, 1.82) is 0 Å². The molecule has 0 heterocycles. The van der Waals surface area contributed by atoms with Crippen LogP contribution >= 0.6 is 0 Å². The van der Waals surface area contributed by atoms with Crippen LogP contribution in [-0.4, -0.2) is 47.9 Å². The van der Waals surface area contributed by atoms with Crippen LogP contribution in [0.25, 0.3) is 0 Å². The van der Waals surface area contributed by atoms with E-state index in [2.05, 4.69) is 0 Å². The fraction of sp³-hybridized carbons (Fsp3) is 0.333. The number of ether oxygens (including phenoxy) is 2. The number of aliphatic hydroxyl groups is 2. The van der Waals surface area contributed by atoms with Gasteiger partial charge < -0.3 is 29.9 Å². The predicted octanol–water partition coefficient (Wildman–Crippen LogP) is 1.87. The highest BCUT2D eigenvalue weighted by Gasteiger charge is 2.02. The minimum absolute atomic E-state index is 0.0891. The van der Waals surface area contributed by atoms with Crippen molar-refractivity contribution >= 4 is 0 Å². The molecular weight excluding hydrogens is 312 g/mol. The van der Waals surface area contributed by atoms with E-state index in [9.17, 15) is 10.2 Å². The average molecular weight is 336 g/mol. The van der Waals surface area contributed by atoms with Crippen molar-refractivity contribution in [3.8, 4) is 23.0 Å². The van der Waals surface area contributed by atoms with Gasteiger partial charge in [-0.1, -0.05) is 12.1 Å². The second kappa shape index (κ2) is 10.4. The summed E-state index contributed by atoms with van der Waals surface area (Å²) in [6.07, 6.45) is 1.13. The molecule has 0 aliphatic heterocycles. The van der Waals surface area contributed by atoms with E-state index < -0.39 is 0 Å². The molecule has 0 saturated heterocycles. The van der Waals surface area contributed by atoms with Gasteiger partial charge in [0.25, 0.3) is 0 Å². The molecule has 0 bridgehead atoms. The van der Waals surface area contributed by atoms with Gasteiger partial charge >= 0.3 is 0 Å². The van der Waals surface area contributed by atoms with Crippen LogP contribution in [0.3, 0.4) is 0 Å². The summed E-state index contributed by atoms with van der Waals surface area (Å²) in [5.74, 6) is 1.14. The molecule has 6 heteroatoms. The zero-order chi connectivity index (χ0) is 17.9. The van der Waals surface area contributed by atoms with Gasteiger partial charge in [-0.2, -0.15) is 0 Å². The summed E-state index contributed by atoms with van der Waals surface area (Å²) < 4.78 is 9.77. The molecule has 2 aromatic rings. The van der Waals surface area contributed by atoms with E-state index in [4.69, 9.17) is 19.7 Å². The first-order valence-corrected chi connectivity index (χ1v) is 7.49. The Morgan fingerprint density at radius 2 is 1.25 bits per heavy atom. The lowest BCUT2D eigenvalue weighted by molar-refractivity contribution is 0.299. The topological polar surface area (TPSA) is 99.4 Å². The molecule has 4 N–H and O–H groups in total. The predicted molar refractivity (Wildman–Crippen MR) is 90.9 cm³/mol. The molecule has 0 radical (unpaired) electrons. The van der Waals surface area contributed by atoms with Crippen molar-refractivity contribution in [3.63, 3.8) is 0 Å². The van der Waals surface area contributed by atoms with Gasteiger partial charge in [0.1, 0.15) is 0 Å². The van der Waals surface area contributed by atoms with Gasteiger partial charge in [0.2, 0.25) is 0 Å². The quantitative estimate of drug-likeness (QED) is 0.643. The lowest BCUT2D eigenvalue weighted by Gasteiger charge is -2.04. The second-order valence-electron chi connectivity index (χ2n) is 4.96. The van der Waals surface area contributed by atoms with Crippen molar-refractivity contribution < 1.29 is 29.9 Å². The first kappa shape index (κ1) is 19.6. The Bertz CT molecular complexity index is 627. The third-order valence-electron chi connectivity index (χ3n) is 3.29. The number of aliphatic hydroxyl groups excluding tert-OH is 2. The minimum Gasteiger partial charge on any atom is -0.504 e. The summed E-state index contributed by atoms with van der Waals surface area (Å²) in [5, 5.41) is 35.8. The zero-order valence-electron chi connectivity index (χ0n) is 13.9. The van der Waals surface area contributed by atoms with Crippen molar-refractivity contribution in [2.45, 2.75) is 12.8 Å². The lowest BCUT2D eigenvalue weighted by atomic mass is 10.1. The first-order valence-electron chi connectivity index (χ1n) is 7.49.